The third-order valence-electron chi connectivity index (χ3n) is 8.14. The van der Waals surface area contributed by atoms with Gasteiger partial charge in [-0.2, -0.15) is 0 Å². The molecule has 0 aliphatic rings. The molecule has 0 aliphatic carbocycles. The average Bonchev–Trinajstić information content (AvgIpc) is 3.27. The van der Waals surface area contributed by atoms with Gasteiger partial charge in [0.2, 0.25) is 0 Å². The molecule has 0 radical (unpaired) electrons. The Morgan fingerprint density at radius 1 is 0.281 bits per heavy atom. The summed E-state index contributed by atoms with van der Waals surface area (Å²) in [5, 5.41) is 0. The van der Waals surface area contributed by atoms with Crippen LogP contribution in [0.3, 0.4) is 0 Å². The molecule has 368 valence electrons. The van der Waals surface area contributed by atoms with Crippen molar-refractivity contribution in [3.8, 4) is 0 Å². The molecule has 0 aliphatic heterocycles. The average molecular weight is 1110 g/mol. The molecule has 0 saturated carbocycles. The number of rotatable bonds is 12. The molecular weight excluding hydrogens is 1020 g/mol. The van der Waals surface area contributed by atoms with Gasteiger partial charge in [-0.05, 0) is 109 Å². The van der Waals surface area contributed by atoms with E-state index in [0.717, 1.165) is 0 Å². The van der Waals surface area contributed by atoms with Crippen molar-refractivity contribution in [2.24, 2.45) is 0 Å². The van der Waals surface area contributed by atoms with Crippen LogP contribution in [0.25, 0.3) is 0 Å². The molecule has 0 spiro atoms. The Labute approximate surface area is 422 Å². The molecule has 0 fully saturated rings. The van der Waals surface area contributed by atoms with Crippen LogP contribution in [0.5, 0.6) is 0 Å². The van der Waals surface area contributed by atoms with Gasteiger partial charge in [-0.25, -0.2) is 13.3 Å². The van der Waals surface area contributed by atoms with Gasteiger partial charge in [0.15, 0.2) is 0 Å². The van der Waals surface area contributed by atoms with E-state index in [4.69, 9.17) is 19.1 Å². The quantitative estimate of drug-likeness (QED) is 0.0897. The van der Waals surface area contributed by atoms with Crippen molar-refractivity contribution in [3.63, 3.8) is 0 Å². The number of pyridine rings is 5. The van der Waals surface area contributed by atoms with E-state index in [-0.39, 0.29) is 36.4 Å². The van der Waals surface area contributed by atoms with Crippen molar-refractivity contribution in [1.29, 1.82) is 0 Å². The van der Waals surface area contributed by atoms with E-state index in [0.29, 0.717) is 48.3 Å². The van der Waals surface area contributed by atoms with Crippen LogP contribution in [-0.2, 0) is 36.4 Å². The monoisotopic (exact) mass is 1100 g/mol. The predicted octanol–water partition coefficient (Wildman–Crippen LogP) is 13.5. The van der Waals surface area contributed by atoms with Crippen LogP contribution in [0.15, 0.2) is 153 Å². The fraction of sp³-hybridized carbons (Fsp3) is 0.471. The van der Waals surface area contributed by atoms with Gasteiger partial charge in [0.1, 0.15) is 0 Å². The Morgan fingerprint density at radius 2 is 0.391 bits per heavy atom. The van der Waals surface area contributed by atoms with Gasteiger partial charge in [0.05, 0.1) is 0 Å². The molecule has 64 heavy (non-hydrogen) atoms. The molecule has 13 heteroatoms. The van der Waals surface area contributed by atoms with Crippen LogP contribution >= 0.6 is 19.1 Å². The second-order valence-electron chi connectivity index (χ2n) is 15.9. The summed E-state index contributed by atoms with van der Waals surface area (Å²) in [6, 6.07) is 33.1. The SMILES string of the molecule is CC(C)N([CH-]N(C(C)C)C(C)C)C(C)C.CC(C)N([CH-]N(C(C)C)C(C)C)C(C)C.[Cl][Pd][Cl].[Pd].c1ccncc1.c1ccncc1.c1ccncc1.c1ccncc1.c1ccncc1. The molecule has 9 nitrogen and oxygen atoms in total. The summed E-state index contributed by atoms with van der Waals surface area (Å²) in [6.45, 7) is 40.5. The third kappa shape index (κ3) is 44.7. The van der Waals surface area contributed by atoms with Gasteiger partial charge < -0.3 is 19.6 Å². The smallest absolute Gasteiger partial charge is 0.0267 e. The van der Waals surface area contributed by atoms with Gasteiger partial charge in [0.25, 0.3) is 0 Å². The van der Waals surface area contributed by atoms with Crippen molar-refractivity contribution >= 4 is 19.1 Å². The van der Waals surface area contributed by atoms with Crippen LogP contribution in [-0.4, -0.2) is 92.9 Å². The van der Waals surface area contributed by atoms with E-state index >= 15 is 0 Å². The minimum absolute atomic E-state index is 0. The second kappa shape index (κ2) is 48.4. The zero-order valence-corrected chi connectivity index (χ0v) is 46.2. The zero-order valence-electron chi connectivity index (χ0n) is 41.6. The normalized spacial score (nSPS) is 10.3. The molecular formula is C51H83Cl2N9Pd2-2. The topological polar surface area (TPSA) is 77.4 Å². The van der Waals surface area contributed by atoms with Crippen LogP contribution in [0.4, 0.5) is 0 Å². The van der Waals surface area contributed by atoms with Crippen LogP contribution < -0.4 is 0 Å². The first-order valence-electron chi connectivity index (χ1n) is 21.8. The van der Waals surface area contributed by atoms with Crippen molar-refractivity contribution < 1.29 is 36.4 Å². The summed E-state index contributed by atoms with van der Waals surface area (Å²) in [4.78, 5) is 28.6. The zero-order chi connectivity index (χ0) is 48.3. The molecule has 0 unspecified atom stereocenters. The predicted molar refractivity (Wildman–Crippen MR) is 270 cm³/mol. The van der Waals surface area contributed by atoms with Crippen molar-refractivity contribution in [3.05, 3.63) is 166 Å². The van der Waals surface area contributed by atoms with Gasteiger partial charge in [-0.15, -0.1) is 0 Å². The maximum absolute atomic E-state index is 4.81. The van der Waals surface area contributed by atoms with Gasteiger partial charge in [-0.3, -0.25) is 24.9 Å². The maximum Gasteiger partial charge on any atom is 0.0267 e. The maximum atomic E-state index is 4.81. The molecule has 0 aromatic carbocycles. The molecule has 0 N–H and O–H groups in total. The first-order valence-corrected chi connectivity index (χ1v) is 25.8. The van der Waals surface area contributed by atoms with Crippen LogP contribution in [0.1, 0.15) is 111 Å². The summed E-state index contributed by atoms with van der Waals surface area (Å²) >= 11 is -0.106. The molecule has 0 atom stereocenters. The van der Waals surface area contributed by atoms with E-state index in [2.05, 4.69) is 169 Å². The minimum atomic E-state index is -0.106. The number of hydrogen-bond acceptors (Lipinski definition) is 9. The number of hydrogen-bond donors (Lipinski definition) is 0. The van der Waals surface area contributed by atoms with Gasteiger partial charge in [-0.1, -0.05) is 141 Å². The van der Waals surface area contributed by atoms with Crippen molar-refractivity contribution in [2.75, 3.05) is 0 Å². The molecule has 0 amide bonds. The molecule has 5 aromatic rings. The number of halogens is 2. The van der Waals surface area contributed by atoms with Gasteiger partial charge >= 0.3 is 35.0 Å². The first-order chi connectivity index (χ1) is 30.0. The summed E-state index contributed by atoms with van der Waals surface area (Å²) in [5.41, 5.74) is 0. The van der Waals surface area contributed by atoms with Crippen LogP contribution in [0, 0.1) is 13.3 Å². The Morgan fingerprint density at radius 3 is 0.438 bits per heavy atom. The number of aromatic nitrogens is 5. The van der Waals surface area contributed by atoms with E-state index in [1.807, 2.05) is 91.0 Å². The van der Waals surface area contributed by atoms with E-state index in [1.165, 1.54) is 0 Å². The fourth-order valence-corrected chi connectivity index (χ4v) is 5.32. The third-order valence-corrected chi connectivity index (χ3v) is 8.14. The van der Waals surface area contributed by atoms with Crippen LogP contribution in [0.2, 0.25) is 0 Å². The Balaban J connectivity index is -0.000000336. The van der Waals surface area contributed by atoms with E-state index in [1.54, 1.807) is 62.0 Å². The largest absolute Gasteiger partial charge is 0.265 e. The van der Waals surface area contributed by atoms with Gasteiger partial charge in [0, 0.05) is 82.4 Å². The summed E-state index contributed by atoms with van der Waals surface area (Å²) in [6.07, 6.45) is 17.5. The van der Waals surface area contributed by atoms with E-state index < -0.39 is 0 Å². The Bertz CT molecular complexity index is 1110. The molecule has 0 bridgehead atoms. The Hall–Kier alpha value is -2.51. The molecule has 5 rings (SSSR count). The fourth-order valence-electron chi connectivity index (χ4n) is 5.32. The van der Waals surface area contributed by atoms with E-state index in [9.17, 15) is 0 Å². The summed E-state index contributed by atoms with van der Waals surface area (Å²) in [7, 11) is 9.63. The van der Waals surface area contributed by atoms with Crippen molar-refractivity contribution in [1.82, 2.24) is 44.5 Å². The minimum Gasteiger partial charge on any atom is -0.265 e. The van der Waals surface area contributed by atoms with Crippen molar-refractivity contribution in [2.45, 2.75) is 159 Å². The molecule has 0 saturated heterocycles. The first kappa shape index (κ1) is 68.1. The molecule has 5 heterocycles. The summed E-state index contributed by atoms with van der Waals surface area (Å²) in [5.74, 6) is 0. The molecule has 5 aromatic heterocycles. The standard InChI is InChI=1S/2C13H29N2.5C5H5N.2ClH.2Pd/c2*1-10(2)14(11(3)4)9-15(12(5)6)13(7)8;5*1-2-4-6-5-3-1;;;;/h2*9-13H,1-8H3;5*1-5H;2*1H;;/q2*-1;;;;;;;;;+2/p-2. The Kier molecular flexibility index (Phi) is 51.5. The summed E-state index contributed by atoms with van der Waals surface area (Å²) < 4.78 is 0. The second-order valence-corrected chi connectivity index (χ2v) is 18.3. The number of nitrogens with zero attached hydrogens (tertiary/aromatic N) is 9.